The number of rotatable bonds is 7. The van der Waals surface area contributed by atoms with Gasteiger partial charge in [0, 0.05) is 72.4 Å². The van der Waals surface area contributed by atoms with Gasteiger partial charge in [-0.25, -0.2) is 0 Å². The van der Waals surface area contributed by atoms with E-state index in [0.29, 0.717) is 17.0 Å². The topological polar surface area (TPSA) is 91.5 Å². The number of benzene rings is 3. The molecule has 2 amide bonds. The number of carbonyl (C=O) groups is 2. The van der Waals surface area contributed by atoms with Gasteiger partial charge in [-0.15, -0.1) is 0 Å². The minimum atomic E-state index is -0.212. The SMILES string of the molecule is Cn1ccc(C(=O)Nc2ccc(-n3cc(C4CC4)c4cc(NC(=O)c5ccc(N6CCC(O)CC6)cc5)ccc43)cc2)c1. The highest BCUT2D eigenvalue weighted by Gasteiger charge is 2.28. The number of carbonyl (C=O) groups excluding carboxylic acids is 2. The number of fused-ring (bicyclic) bond motifs is 1. The van der Waals surface area contributed by atoms with Crippen LogP contribution in [0, 0.1) is 0 Å². The van der Waals surface area contributed by atoms with Crippen molar-refractivity contribution in [1.82, 2.24) is 9.13 Å². The molecule has 1 aliphatic carbocycles. The normalized spacial score (nSPS) is 15.5. The van der Waals surface area contributed by atoms with Gasteiger partial charge in [-0.2, -0.15) is 0 Å². The predicted molar refractivity (Wildman–Crippen MR) is 170 cm³/mol. The zero-order valence-corrected chi connectivity index (χ0v) is 24.2. The van der Waals surface area contributed by atoms with Gasteiger partial charge in [0.05, 0.1) is 17.2 Å². The molecule has 0 atom stereocenters. The van der Waals surface area contributed by atoms with Crippen LogP contribution in [0.5, 0.6) is 0 Å². The highest BCUT2D eigenvalue weighted by atomic mass is 16.3. The summed E-state index contributed by atoms with van der Waals surface area (Å²) < 4.78 is 4.04. The second-order valence-electron chi connectivity index (χ2n) is 11.7. The number of hydrogen-bond acceptors (Lipinski definition) is 4. The molecule has 43 heavy (non-hydrogen) atoms. The number of amides is 2. The van der Waals surface area contributed by atoms with Crippen molar-refractivity contribution in [2.24, 2.45) is 7.05 Å². The van der Waals surface area contributed by atoms with Crippen molar-refractivity contribution in [3.63, 3.8) is 0 Å². The molecule has 2 fully saturated rings. The Morgan fingerprint density at radius 1 is 0.744 bits per heavy atom. The number of hydrogen-bond donors (Lipinski definition) is 3. The van der Waals surface area contributed by atoms with Gasteiger partial charge in [0.25, 0.3) is 11.8 Å². The number of nitrogens with one attached hydrogen (secondary N) is 2. The zero-order valence-electron chi connectivity index (χ0n) is 24.2. The van der Waals surface area contributed by atoms with Gasteiger partial charge in [0.15, 0.2) is 0 Å². The average molecular weight is 574 g/mol. The minimum absolute atomic E-state index is 0.135. The Kier molecular flexibility index (Phi) is 6.99. The summed E-state index contributed by atoms with van der Waals surface area (Å²) in [4.78, 5) is 28.0. The lowest BCUT2D eigenvalue weighted by molar-refractivity contribution is 0.101. The summed E-state index contributed by atoms with van der Waals surface area (Å²) in [5, 5.41) is 17.0. The first-order chi connectivity index (χ1) is 20.9. The molecule has 3 aromatic carbocycles. The van der Waals surface area contributed by atoms with Crippen molar-refractivity contribution in [3.8, 4) is 5.69 Å². The maximum atomic E-state index is 13.1. The molecule has 2 aromatic heterocycles. The lowest BCUT2D eigenvalue weighted by Crippen LogP contribution is -2.35. The molecule has 8 heteroatoms. The van der Waals surface area contributed by atoms with Crippen LogP contribution in [0.3, 0.4) is 0 Å². The molecule has 1 saturated carbocycles. The Morgan fingerprint density at radius 2 is 1.40 bits per heavy atom. The van der Waals surface area contributed by atoms with E-state index in [2.05, 4.69) is 38.4 Å². The van der Waals surface area contributed by atoms with Crippen LogP contribution in [-0.4, -0.2) is 45.2 Å². The monoisotopic (exact) mass is 573 g/mol. The summed E-state index contributed by atoms with van der Waals surface area (Å²) in [7, 11) is 1.89. The Bertz CT molecular complexity index is 1790. The number of aliphatic hydroxyl groups excluding tert-OH is 1. The van der Waals surface area contributed by atoms with Crippen molar-refractivity contribution in [1.29, 1.82) is 0 Å². The van der Waals surface area contributed by atoms with E-state index >= 15 is 0 Å². The largest absolute Gasteiger partial charge is 0.393 e. The lowest BCUT2D eigenvalue weighted by Gasteiger charge is -2.31. The molecule has 0 spiro atoms. The van der Waals surface area contributed by atoms with Gasteiger partial charge in [0.1, 0.15) is 0 Å². The molecule has 5 aromatic rings. The smallest absolute Gasteiger partial charge is 0.257 e. The van der Waals surface area contributed by atoms with Crippen LogP contribution in [0.2, 0.25) is 0 Å². The number of anilines is 3. The summed E-state index contributed by atoms with van der Waals surface area (Å²) >= 11 is 0. The summed E-state index contributed by atoms with van der Waals surface area (Å²) in [5.74, 6) is 0.257. The van der Waals surface area contributed by atoms with Crippen LogP contribution in [0.4, 0.5) is 17.1 Å². The van der Waals surface area contributed by atoms with Gasteiger partial charge in [-0.1, -0.05) is 0 Å². The second-order valence-corrected chi connectivity index (χ2v) is 11.7. The van der Waals surface area contributed by atoms with Gasteiger partial charge in [-0.05, 0) is 110 Å². The quantitative estimate of drug-likeness (QED) is 0.213. The molecule has 2 aliphatic rings. The highest BCUT2D eigenvalue weighted by molar-refractivity contribution is 6.06. The standard InChI is InChI=1S/C35H35N5O3/c1-38-17-14-25(21-38)35(43)36-26-6-11-29(12-7-26)40-22-32(23-2-3-23)31-20-27(8-13-33(31)40)37-34(42)24-4-9-28(10-5-24)39-18-15-30(41)16-19-39/h4-14,17,20-23,30,41H,2-3,15-16,18-19H2,1H3,(H,36,43)(H,37,42). The molecule has 0 bridgehead atoms. The van der Waals surface area contributed by atoms with Crippen molar-refractivity contribution in [2.75, 3.05) is 28.6 Å². The van der Waals surface area contributed by atoms with Crippen molar-refractivity contribution >= 4 is 39.8 Å². The predicted octanol–water partition coefficient (Wildman–Crippen LogP) is 6.31. The minimum Gasteiger partial charge on any atom is -0.393 e. The number of aromatic nitrogens is 2. The van der Waals surface area contributed by atoms with Crippen LogP contribution in [0.15, 0.2) is 91.4 Å². The number of nitrogens with zero attached hydrogens (tertiary/aromatic N) is 3. The van der Waals surface area contributed by atoms with Crippen molar-refractivity contribution in [2.45, 2.75) is 37.7 Å². The van der Waals surface area contributed by atoms with Gasteiger partial charge in [-0.3, -0.25) is 9.59 Å². The number of aryl methyl sites for hydroxylation is 1. The van der Waals surface area contributed by atoms with Gasteiger partial charge >= 0.3 is 0 Å². The van der Waals surface area contributed by atoms with E-state index in [0.717, 1.165) is 59.6 Å². The van der Waals surface area contributed by atoms with Crippen LogP contribution in [-0.2, 0) is 7.05 Å². The van der Waals surface area contributed by atoms with Crippen LogP contribution < -0.4 is 15.5 Å². The third kappa shape index (κ3) is 5.66. The Balaban J connectivity index is 1.08. The molecular formula is C35H35N5O3. The van der Waals surface area contributed by atoms with Gasteiger partial charge in [0.2, 0.25) is 0 Å². The fourth-order valence-corrected chi connectivity index (χ4v) is 5.96. The molecule has 3 heterocycles. The second kappa shape index (κ2) is 11.1. The fraction of sp³-hybridized carbons (Fsp3) is 0.257. The first-order valence-corrected chi connectivity index (χ1v) is 14.9. The lowest BCUT2D eigenvalue weighted by atomic mass is 10.1. The maximum absolute atomic E-state index is 13.1. The first-order valence-electron chi connectivity index (χ1n) is 14.9. The van der Waals surface area contributed by atoms with Crippen LogP contribution in [0.1, 0.15) is 57.9 Å². The Hall–Kier alpha value is -4.82. The maximum Gasteiger partial charge on any atom is 0.257 e. The van der Waals surface area contributed by atoms with Crippen molar-refractivity contribution in [3.05, 3.63) is 108 Å². The molecule has 7 rings (SSSR count). The van der Waals surface area contributed by atoms with E-state index in [1.54, 1.807) is 12.3 Å². The third-order valence-corrected chi connectivity index (χ3v) is 8.57. The van der Waals surface area contributed by atoms with Gasteiger partial charge < -0.3 is 29.8 Å². The van der Waals surface area contributed by atoms with E-state index in [1.807, 2.05) is 72.4 Å². The van der Waals surface area contributed by atoms with Crippen LogP contribution >= 0.6 is 0 Å². The number of aliphatic hydroxyl groups is 1. The summed E-state index contributed by atoms with van der Waals surface area (Å²) in [5.41, 5.74) is 7.20. The van der Waals surface area contributed by atoms with E-state index in [9.17, 15) is 14.7 Å². The van der Waals surface area contributed by atoms with E-state index in [-0.39, 0.29) is 17.9 Å². The summed E-state index contributed by atoms with van der Waals surface area (Å²) in [6, 6.07) is 23.5. The molecule has 218 valence electrons. The Morgan fingerprint density at radius 3 is 2.07 bits per heavy atom. The van der Waals surface area contributed by atoms with E-state index in [1.165, 1.54) is 18.4 Å². The molecule has 0 radical (unpaired) electrons. The van der Waals surface area contributed by atoms with Crippen molar-refractivity contribution < 1.29 is 14.7 Å². The van der Waals surface area contributed by atoms with E-state index in [4.69, 9.17) is 0 Å². The molecule has 0 unspecified atom stereocenters. The first kappa shape index (κ1) is 27.0. The fourth-order valence-electron chi connectivity index (χ4n) is 5.96. The molecule has 3 N–H and O–H groups in total. The Labute approximate surface area is 250 Å². The number of piperidine rings is 1. The molecule has 8 nitrogen and oxygen atoms in total. The molecule has 1 saturated heterocycles. The highest BCUT2D eigenvalue weighted by Crippen LogP contribution is 2.45. The zero-order chi connectivity index (χ0) is 29.5. The third-order valence-electron chi connectivity index (χ3n) is 8.57. The van der Waals surface area contributed by atoms with Crippen LogP contribution in [0.25, 0.3) is 16.6 Å². The van der Waals surface area contributed by atoms with E-state index < -0.39 is 0 Å². The molecular weight excluding hydrogens is 538 g/mol. The summed E-state index contributed by atoms with van der Waals surface area (Å²) in [6.45, 7) is 1.65. The molecule has 1 aliphatic heterocycles. The summed E-state index contributed by atoms with van der Waals surface area (Å²) in [6.07, 6.45) is 9.53. The average Bonchev–Trinajstić information content (AvgIpc) is 3.66.